The molecule has 0 saturated carbocycles. The molecule has 21 heavy (non-hydrogen) atoms. The molecule has 1 amide bonds. The second-order valence-corrected chi connectivity index (χ2v) is 6.60. The fourth-order valence-electron chi connectivity index (χ4n) is 2.47. The van der Waals surface area contributed by atoms with Gasteiger partial charge in [-0.3, -0.25) is 4.79 Å². The van der Waals surface area contributed by atoms with Crippen molar-refractivity contribution in [3.63, 3.8) is 0 Å². The molecule has 2 rings (SSSR count). The van der Waals surface area contributed by atoms with Gasteiger partial charge in [0.25, 0.3) is 0 Å². The number of benzene rings is 1. The zero-order valence-electron chi connectivity index (χ0n) is 11.6. The zero-order valence-corrected chi connectivity index (χ0v) is 13.4. The van der Waals surface area contributed by atoms with Gasteiger partial charge in [0.05, 0.1) is 5.37 Å². The van der Waals surface area contributed by atoms with Crippen molar-refractivity contribution in [2.75, 3.05) is 11.5 Å². The van der Waals surface area contributed by atoms with Crippen LogP contribution in [0, 0.1) is 0 Å². The number of carboxylic acids is 1. The Balaban J connectivity index is 2.03. The number of rotatable bonds is 6. The van der Waals surface area contributed by atoms with E-state index in [1.807, 2.05) is 30.3 Å². The summed E-state index contributed by atoms with van der Waals surface area (Å²) >= 11 is 5.63. The Bertz CT molecular complexity index is 495. The summed E-state index contributed by atoms with van der Waals surface area (Å²) in [6.07, 6.45) is 1.90. The van der Waals surface area contributed by atoms with E-state index < -0.39 is 12.0 Å². The molecule has 0 spiro atoms. The average Bonchev–Trinajstić information content (AvgIpc) is 2.90. The van der Waals surface area contributed by atoms with E-state index in [4.69, 9.17) is 0 Å². The number of aliphatic carboxylic acids is 1. The molecule has 2 unspecified atom stereocenters. The lowest BCUT2D eigenvalue weighted by molar-refractivity contribution is -0.149. The van der Waals surface area contributed by atoms with Gasteiger partial charge in [0.15, 0.2) is 0 Å². The predicted octanol–water partition coefficient (Wildman–Crippen LogP) is 2.29. The highest BCUT2D eigenvalue weighted by molar-refractivity contribution is 8.00. The van der Waals surface area contributed by atoms with Crippen LogP contribution in [-0.2, 0) is 16.0 Å². The van der Waals surface area contributed by atoms with Gasteiger partial charge in [-0.2, -0.15) is 12.6 Å². The molecule has 1 aliphatic rings. The van der Waals surface area contributed by atoms with Crippen molar-refractivity contribution in [3.8, 4) is 0 Å². The first-order valence-electron chi connectivity index (χ1n) is 6.94. The fourth-order valence-corrected chi connectivity index (χ4v) is 4.08. The molecule has 4 nitrogen and oxygen atoms in total. The normalized spacial score (nSPS) is 21.5. The minimum absolute atomic E-state index is 0.0568. The Kier molecular flexibility index (Phi) is 5.99. The van der Waals surface area contributed by atoms with E-state index in [9.17, 15) is 14.7 Å². The van der Waals surface area contributed by atoms with Crippen molar-refractivity contribution in [2.24, 2.45) is 0 Å². The Morgan fingerprint density at radius 2 is 2.05 bits per heavy atom. The van der Waals surface area contributed by atoms with E-state index in [0.717, 1.165) is 12.8 Å². The lowest BCUT2D eigenvalue weighted by atomic mass is 10.1. The van der Waals surface area contributed by atoms with E-state index >= 15 is 0 Å². The van der Waals surface area contributed by atoms with Crippen molar-refractivity contribution in [3.05, 3.63) is 35.9 Å². The number of thioether (sulfide) groups is 1. The van der Waals surface area contributed by atoms with Crippen molar-refractivity contribution in [2.45, 2.75) is 30.7 Å². The molecule has 1 aromatic rings. The standard InChI is InChI=1S/C15H19NO3S2/c17-13(8-9-20)16-12(15(18)19)10-21-14(16)7-6-11-4-2-1-3-5-11/h1-5,12,14,20H,6-10H2,(H,18,19). The topological polar surface area (TPSA) is 57.6 Å². The summed E-state index contributed by atoms with van der Waals surface area (Å²) in [6.45, 7) is 0. The van der Waals surface area contributed by atoms with E-state index in [0.29, 0.717) is 11.5 Å². The Hall–Kier alpha value is -1.14. The quantitative estimate of drug-likeness (QED) is 0.788. The molecular weight excluding hydrogens is 306 g/mol. The van der Waals surface area contributed by atoms with Crippen LogP contribution in [0.4, 0.5) is 0 Å². The summed E-state index contributed by atoms with van der Waals surface area (Å²) in [5, 5.41) is 9.22. The van der Waals surface area contributed by atoms with Gasteiger partial charge in [-0.1, -0.05) is 30.3 Å². The molecule has 0 bridgehead atoms. The first-order chi connectivity index (χ1) is 10.1. The molecule has 1 saturated heterocycles. The summed E-state index contributed by atoms with van der Waals surface area (Å²) in [7, 11) is 0. The smallest absolute Gasteiger partial charge is 0.327 e. The summed E-state index contributed by atoms with van der Waals surface area (Å²) in [5.74, 6) is -0.122. The molecule has 0 aliphatic carbocycles. The first kappa shape index (κ1) is 16.2. The van der Waals surface area contributed by atoms with Crippen molar-refractivity contribution in [1.29, 1.82) is 0 Å². The summed E-state index contributed by atoms with van der Waals surface area (Å²) < 4.78 is 0. The zero-order chi connectivity index (χ0) is 15.2. The third-order valence-corrected chi connectivity index (χ3v) is 5.09. The van der Waals surface area contributed by atoms with Crippen LogP contribution in [-0.4, -0.2) is 44.8 Å². The highest BCUT2D eigenvalue weighted by Gasteiger charge is 2.40. The molecule has 1 fully saturated rings. The highest BCUT2D eigenvalue weighted by atomic mass is 32.2. The summed E-state index contributed by atoms with van der Waals surface area (Å²) in [6, 6.07) is 9.34. The monoisotopic (exact) mass is 325 g/mol. The third-order valence-electron chi connectivity index (χ3n) is 3.51. The molecule has 2 atom stereocenters. The minimum Gasteiger partial charge on any atom is -0.480 e. The number of carbonyl (C=O) groups is 2. The number of amides is 1. The number of carbonyl (C=O) groups excluding carboxylic acids is 1. The maximum Gasteiger partial charge on any atom is 0.327 e. The molecule has 114 valence electrons. The third kappa shape index (κ3) is 4.17. The van der Waals surface area contributed by atoms with Crippen LogP contribution in [0.1, 0.15) is 18.4 Å². The highest BCUT2D eigenvalue weighted by Crippen LogP contribution is 2.33. The average molecular weight is 325 g/mol. The molecule has 0 aromatic heterocycles. The number of hydrogen-bond donors (Lipinski definition) is 2. The first-order valence-corrected chi connectivity index (χ1v) is 8.62. The Morgan fingerprint density at radius 3 is 2.67 bits per heavy atom. The van der Waals surface area contributed by atoms with Gasteiger partial charge in [0, 0.05) is 12.2 Å². The van der Waals surface area contributed by atoms with Crippen LogP contribution in [0.15, 0.2) is 30.3 Å². The molecule has 1 N–H and O–H groups in total. The number of aryl methyl sites for hydroxylation is 1. The van der Waals surface area contributed by atoms with Gasteiger partial charge >= 0.3 is 5.97 Å². The van der Waals surface area contributed by atoms with Gasteiger partial charge in [0.2, 0.25) is 5.91 Å². The number of nitrogens with zero attached hydrogens (tertiary/aromatic N) is 1. The molecular formula is C15H19NO3S2. The lowest BCUT2D eigenvalue weighted by Gasteiger charge is -2.27. The number of thiol groups is 1. The van der Waals surface area contributed by atoms with Gasteiger partial charge in [0.1, 0.15) is 6.04 Å². The SMILES string of the molecule is O=C(O)C1CSC(CCc2ccccc2)N1C(=O)CCS. The lowest BCUT2D eigenvalue weighted by Crippen LogP contribution is -2.45. The van der Waals surface area contributed by atoms with Crippen LogP contribution >= 0.6 is 24.4 Å². The molecule has 0 radical (unpaired) electrons. The van der Waals surface area contributed by atoms with Gasteiger partial charge in [-0.25, -0.2) is 4.79 Å². The van der Waals surface area contributed by atoms with E-state index in [1.54, 1.807) is 16.7 Å². The molecule has 1 heterocycles. The van der Waals surface area contributed by atoms with Crippen molar-refractivity contribution >= 4 is 36.3 Å². The fraction of sp³-hybridized carbons (Fsp3) is 0.467. The van der Waals surface area contributed by atoms with Crippen LogP contribution in [0.25, 0.3) is 0 Å². The van der Waals surface area contributed by atoms with Gasteiger partial charge in [-0.05, 0) is 24.2 Å². The van der Waals surface area contributed by atoms with Crippen LogP contribution in [0.2, 0.25) is 0 Å². The predicted molar refractivity (Wildman–Crippen MR) is 87.7 cm³/mol. The van der Waals surface area contributed by atoms with Crippen molar-refractivity contribution < 1.29 is 14.7 Å². The molecule has 1 aromatic carbocycles. The van der Waals surface area contributed by atoms with Gasteiger partial charge < -0.3 is 10.0 Å². The second-order valence-electron chi connectivity index (χ2n) is 4.94. The minimum atomic E-state index is -0.919. The van der Waals surface area contributed by atoms with E-state index in [2.05, 4.69) is 12.6 Å². The van der Waals surface area contributed by atoms with Crippen LogP contribution < -0.4 is 0 Å². The van der Waals surface area contributed by atoms with Crippen LogP contribution in [0.5, 0.6) is 0 Å². The summed E-state index contributed by atoms with van der Waals surface area (Å²) in [4.78, 5) is 25.0. The Labute approximate surface area is 134 Å². The largest absolute Gasteiger partial charge is 0.480 e. The second kappa shape index (κ2) is 7.75. The number of hydrogen-bond acceptors (Lipinski definition) is 4. The number of carboxylic acid groups (broad SMARTS) is 1. The maximum absolute atomic E-state index is 12.2. The Morgan fingerprint density at radius 1 is 1.33 bits per heavy atom. The van der Waals surface area contributed by atoms with Crippen LogP contribution in [0.3, 0.4) is 0 Å². The maximum atomic E-state index is 12.2. The van der Waals surface area contributed by atoms with E-state index in [1.165, 1.54) is 5.56 Å². The molecule has 6 heteroatoms. The van der Waals surface area contributed by atoms with E-state index in [-0.39, 0.29) is 17.7 Å². The van der Waals surface area contributed by atoms with Gasteiger partial charge in [-0.15, -0.1) is 11.8 Å². The molecule has 1 aliphatic heterocycles. The van der Waals surface area contributed by atoms with Crippen molar-refractivity contribution in [1.82, 2.24) is 4.90 Å². The summed E-state index contributed by atoms with van der Waals surface area (Å²) in [5.41, 5.74) is 1.21.